The maximum absolute atomic E-state index is 12.2. The molecule has 0 aliphatic carbocycles. The smallest absolute Gasteiger partial charge is 0.261 e. The van der Waals surface area contributed by atoms with Crippen LogP contribution in [-0.4, -0.2) is 71.9 Å². The van der Waals surface area contributed by atoms with Crippen LogP contribution < -0.4 is 15.2 Å². The molecule has 5 rings (SSSR count). The molecule has 2 aromatic heterocycles. The predicted octanol–water partition coefficient (Wildman–Crippen LogP) is 4.01. The molecule has 0 saturated carbocycles. The maximum Gasteiger partial charge on any atom is 0.261 e. The quantitative estimate of drug-likeness (QED) is 0.328. The second-order valence-electron chi connectivity index (χ2n) is 8.31. The summed E-state index contributed by atoms with van der Waals surface area (Å²) in [6.07, 6.45) is 2.55. The lowest BCUT2D eigenvalue weighted by Gasteiger charge is -2.26. The number of ether oxygens (including phenoxy) is 3. The van der Waals surface area contributed by atoms with E-state index in [0.717, 1.165) is 44.8 Å². The van der Waals surface area contributed by atoms with Gasteiger partial charge in [0.15, 0.2) is 16.6 Å². The summed E-state index contributed by atoms with van der Waals surface area (Å²) in [6, 6.07) is 10.9. The Labute approximate surface area is 217 Å². The Morgan fingerprint density at radius 3 is 2.81 bits per heavy atom. The first kappa shape index (κ1) is 24.5. The minimum atomic E-state index is -0.552. The van der Waals surface area contributed by atoms with Crippen molar-refractivity contribution in [1.82, 2.24) is 19.4 Å². The van der Waals surface area contributed by atoms with Crippen molar-refractivity contribution < 1.29 is 19.0 Å². The third kappa shape index (κ3) is 5.17. The summed E-state index contributed by atoms with van der Waals surface area (Å²) < 4.78 is 18.9. The summed E-state index contributed by atoms with van der Waals surface area (Å²) in [4.78, 5) is 24.2. The van der Waals surface area contributed by atoms with Gasteiger partial charge in [-0.05, 0) is 18.6 Å². The van der Waals surface area contributed by atoms with Crippen LogP contribution >= 0.6 is 22.9 Å². The average Bonchev–Trinajstić information content (AvgIpc) is 3.51. The van der Waals surface area contributed by atoms with Crippen LogP contribution in [0.15, 0.2) is 42.7 Å². The molecule has 1 fully saturated rings. The van der Waals surface area contributed by atoms with Gasteiger partial charge in [-0.15, -0.1) is 0 Å². The Bertz CT molecular complexity index is 1380. The van der Waals surface area contributed by atoms with Crippen molar-refractivity contribution in [2.75, 3.05) is 46.6 Å². The number of carbonyl (C=O) groups is 1. The molecule has 9 nitrogen and oxygen atoms in total. The van der Waals surface area contributed by atoms with E-state index in [9.17, 15) is 4.79 Å². The van der Waals surface area contributed by atoms with Crippen LogP contribution in [0, 0.1) is 0 Å². The van der Waals surface area contributed by atoms with Gasteiger partial charge in [0.05, 0.1) is 43.7 Å². The summed E-state index contributed by atoms with van der Waals surface area (Å²) >= 11 is 7.36. The van der Waals surface area contributed by atoms with Crippen molar-refractivity contribution >= 4 is 39.9 Å². The number of benzene rings is 2. The van der Waals surface area contributed by atoms with E-state index in [2.05, 4.69) is 9.88 Å². The van der Waals surface area contributed by atoms with Gasteiger partial charge in [0, 0.05) is 42.4 Å². The number of nitrogens with zero attached hydrogens (tertiary/aromatic N) is 4. The van der Waals surface area contributed by atoms with E-state index < -0.39 is 5.91 Å². The van der Waals surface area contributed by atoms with E-state index >= 15 is 0 Å². The van der Waals surface area contributed by atoms with E-state index in [1.165, 1.54) is 11.3 Å². The lowest BCUT2D eigenvalue weighted by molar-refractivity contribution is 0.0357. The van der Waals surface area contributed by atoms with E-state index in [-0.39, 0.29) is 0 Å². The molecule has 1 aliphatic rings. The summed E-state index contributed by atoms with van der Waals surface area (Å²) in [6.45, 7) is 4.97. The Morgan fingerprint density at radius 2 is 2.06 bits per heavy atom. The van der Waals surface area contributed by atoms with Crippen molar-refractivity contribution in [1.29, 1.82) is 0 Å². The minimum absolute atomic E-state index is 0.349. The summed E-state index contributed by atoms with van der Waals surface area (Å²) in [5.74, 6) is 0.676. The lowest BCUT2D eigenvalue weighted by Crippen LogP contribution is -2.37. The van der Waals surface area contributed by atoms with Gasteiger partial charge in [-0.1, -0.05) is 35.1 Å². The highest BCUT2D eigenvalue weighted by Crippen LogP contribution is 2.36. The van der Waals surface area contributed by atoms with E-state index in [0.29, 0.717) is 49.9 Å². The predicted molar refractivity (Wildman–Crippen MR) is 140 cm³/mol. The van der Waals surface area contributed by atoms with Gasteiger partial charge >= 0.3 is 0 Å². The number of morpholine rings is 1. The highest BCUT2D eigenvalue weighted by atomic mass is 35.5. The number of fused-ring (bicyclic) bond motifs is 1. The van der Waals surface area contributed by atoms with Crippen molar-refractivity contribution in [3.63, 3.8) is 0 Å². The zero-order chi connectivity index (χ0) is 25.1. The normalized spacial score (nSPS) is 14.3. The van der Waals surface area contributed by atoms with Crippen LogP contribution in [0.25, 0.3) is 27.4 Å². The Hall–Kier alpha value is -3.18. The Balaban J connectivity index is 1.43. The number of hydrogen-bond acceptors (Lipinski definition) is 8. The highest BCUT2D eigenvalue weighted by molar-refractivity contribution is 7.16. The second kappa shape index (κ2) is 10.8. The molecule has 1 amide bonds. The molecular weight excluding hydrogens is 502 g/mol. The number of aromatic nitrogens is 3. The molecule has 0 atom stereocenters. The van der Waals surface area contributed by atoms with Gasteiger partial charge in [0.25, 0.3) is 5.91 Å². The number of hydrogen-bond donors (Lipinski definition) is 1. The van der Waals surface area contributed by atoms with Crippen LogP contribution in [0.4, 0.5) is 0 Å². The van der Waals surface area contributed by atoms with Crippen molar-refractivity contribution in [3.8, 4) is 27.9 Å². The molecule has 1 aliphatic heterocycles. The lowest BCUT2D eigenvalue weighted by atomic mass is 10.1. The van der Waals surface area contributed by atoms with Crippen LogP contribution in [0.5, 0.6) is 11.5 Å². The first-order chi connectivity index (χ1) is 17.5. The molecule has 1 saturated heterocycles. The van der Waals surface area contributed by atoms with Crippen molar-refractivity contribution in [3.05, 3.63) is 52.6 Å². The van der Waals surface area contributed by atoms with Gasteiger partial charge in [-0.2, -0.15) is 0 Å². The molecule has 0 unspecified atom stereocenters. The van der Waals surface area contributed by atoms with Gasteiger partial charge in [-0.25, -0.2) is 9.97 Å². The number of nitrogens with two attached hydrogens (primary N) is 1. The number of halogens is 1. The summed E-state index contributed by atoms with van der Waals surface area (Å²) in [7, 11) is 1.61. The van der Waals surface area contributed by atoms with E-state index in [4.69, 9.17) is 36.5 Å². The van der Waals surface area contributed by atoms with Crippen molar-refractivity contribution in [2.45, 2.75) is 6.42 Å². The SMILES string of the molecule is COc1cc2ncn(-c3nc(-c4cccc(Cl)c4)c(C(N)=O)s3)c2cc1OCCCN1CCOCC1. The number of imidazole rings is 1. The van der Waals surface area contributed by atoms with E-state index in [1.54, 1.807) is 25.6 Å². The monoisotopic (exact) mass is 527 g/mol. The Kier molecular flexibility index (Phi) is 7.38. The molecule has 188 valence electrons. The zero-order valence-electron chi connectivity index (χ0n) is 19.8. The van der Waals surface area contributed by atoms with Gasteiger partial charge in [0.2, 0.25) is 0 Å². The number of primary amides is 1. The van der Waals surface area contributed by atoms with Gasteiger partial charge in [0.1, 0.15) is 11.2 Å². The first-order valence-electron chi connectivity index (χ1n) is 11.6. The van der Waals surface area contributed by atoms with Crippen LogP contribution in [0.2, 0.25) is 5.02 Å². The molecule has 0 spiro atoms. The molecule has 3 heterocycles. The average molecular weight is 528 g/mol. The van der Waals surface area contributed by atoms with Crippen molar-refractivity contribution in [2.24, 2.45) is 5.73 Å². The topological polar surface area (TPSA) is 105 Å². The number of thiazole rings is 1. The number of methoxy groups -OCH3 is 1. The number of carbonyl (C=O) groups excluding carboxylic acids is 1. The molecule has 2 aromatic carbocycles. The molecule has 2 N–H and O–H groups in total. The fourth-order valence-corrected chi connectivity index (χ4v) is 5.26. The van der Waals surface area contributed by atoms with Crippen LogP contribution in [-0.2, 0) is 4.74 Å². The van der Waals surface area contributed by atoms with Gasteiger partial charge < -0.3 is 19.9 Å². The molecule has 0 radical (unpaired) electrons. The summed E-state index contributed by atoms with van der Waals surface area (Å²) in [5.41, 5.74) is 8.38. The molecule has 0 bridgehead atoms. The zero-order valence-corrected chi connectivity index (χ0v) is 21.3. The third-order valence-corrected chi connectivity index (χ3v) is 7.26. The second-order valence-corrected chi connectivity index (χ2v) is 9.73. The number of amides is 1. The molecule has 36 heavy (non-hydrogen) atoms. The highest BCUT2D eigenvalue weighted by Gasteiger charge is 2.21. The number of rotatable bonds is 9. The van der Waals surface area contributed by atoms with Crippen LogP contribution in [0.1, 0.15) is 16.1 Å². The van der Waals surface area contributed by atoms with Crippen LogP contribution in [0.3, 0.4) is 0 Å². The van der Waals surface area contributed by atoms with E-state index in [1.807, 2.05) is 28.8 Å². The fraction of sp³-hybridized carbons (Fsp3) is 0.320. The standard InChI is InChI=1S/C25H26ClN5O4S/c1-33-20-13-18-19(14-21(20)35-9-3-6-30-7-10-34-11-8-30)31(15-28-18)25-29-22(23(36-25)24(27)32)16-4-2-5-17(26)12-16/h2,4-5,12-15H,3,6-11H2,1H3,(H2,27,32). The third-order valence-electron chi connectivity index (χ3n) is 5.96. The Morgan fingerprint density at radius 1 is 1.22 bits per heavy atom. The van der Waals surface area contributed by atoms with Gasteiger partial charge in [-0.3, -0.25) is 14.3 Å². The first-order valence-corrected chi connectivity index (χ1v) is 12.8. The summed E-state index contributed by atoms with van der Waals surface area (Å²) in [5, 5.41) is 1.11. The molecular formula is C25H26ClN5O4S. The fourth-order valence-electron chi connectivity index (χ4n) is 4.15. The largest absolute Gasteiger partial charge is 0.493 e. The maximum atomic E-state index is 12.2. The molecule has 11 heteroatoms. The minimum Gasteiger partial charge on any atom is -0.493 e. The molecule has 4 aromatic rings.